The summed E-state index contributed by atoms with van der Waals surface area (Å²) in [6, 6.07) is 5.19. The maximum Gasteiger partial charge on any atom is 0.243 e. The van der Waals surface area contributed by atoms with Gasteiger partial charge >= 0.3 is 0 Å². The van der Waals surface area contributed by atoms with Gasteiger partial charge in [0.15, 0.2) is 0 Å². The van der Waals surface area contributed by atoms with Crippen LogP contribution in [0.3, 0.4) is 0 Å². The van der Waals surface area contributed by atoms with Crippen LogP contribution in [0.15, 0.2) is 23.1 Å². The predicted molar refractivity (Wildman–Crippen MR) is 73.6 cm³/mol. The summed E-state index contributed by atoms with van der Waals surface area (Å²) in [7, 11) is -0.670. The van der Waals surface area contributed by atoms with Crippen molar-refractivity contribution in [3.05, 3.63) is 29.3 Å². The number of hydrogen-bond donors (Lipinski definition) is 1. The summed E-state index contributed by atoms with van der Waals surface area (Å²) in [6.07, 6.45) is -0.837. The molecule has 0 saturated heterocycles. The Balaban J connectivity index is 2.97. The van der Waals surface area contributed by atoms with Gasteiger partial charge in [-0.1, -0.05) is 17.7 Å². The minimum absolute atomic E-state index is 0.00346. The lowest BCUT2D eigenvalue weighted by molar-refractivity contribution is 0.0554. The summed E-state index contributed by atoms with van der Waals surface area (Å²) in [5, 5.41) is 9.61. The second-order valence-electron chi connectivity index (χ2n) is 4.66. The van der Waals surface area contributed by atoms with E-state index in [9.17, 15) is 13.5 Å². The number of hydrogen-bond acceptors (Lipinski definition) is 4. The lowest BCUT2D eigenvalue weighted by atomic mass is 10.2. The van der Waals surface area contributed by atoms with Gasteiger partial charge in [-0.05, 0) is 25.5 Å². The molecular weight excluding hydrogens is 266 g/mol. The van der Waals surface area contributed by atoms with Crippen molar-refractivity contribution < 1.29 is 18.3 Å². The number of aryl methyl sites for hydroxylation is 2. The molecule has 1 unspecified atom stereocenters. The van der Waals surface area contributed by atoms with Crippen LogP contribution in [-0.2, 0) is 14.8 Å². The third kappa shape index (κ3) is 4.01. The van der Waals surface area contributed by atoms with Crippen molar-refractivity contribution >= 4 is 10.0 Å². The zero-order valence-electron chi connectivity index (χ0n) is 11.8. The smallest absolute Gasteiger partial charge is 0.243 e. The number of ether oxygens (including phenoxy) is 1. The van der Waals surface area contributed by atoms with E-state index in [1.165, 1.54) is 14.2 Å². The molecule has 6 heteroatoms. The molecule has 1 atom stereocenters. The fourth-order valence-electron chi connectivity index (χ4n) is 1.90. The van der Waals surface area contributed by atoms with Gasteiger partial charge in [0.05, 0.1) is 17.6 Å². The molecule has 108 valence electrons. The molecule has 0 saturated carbocycles. The molecule has 0 fully saturated rings. The Morgan fingerprint density at radius 1 is 1.37 bits per heavy atom. The van der Waals surface area contributed by atoms with Gasteiger partial charge < -0.3 is 9.84 Å². The summed E-state index contributed by atoms with van der Waals surface area (Å²) in [4.78, 5) is 0.269. The van der Waals surface area contributed by atoms with Crippen molar-refractivity contribution in [2.75, 3.05) is 27.3 Å². The first-order valence-corrected chi connectivity index (χ1v) is 7.43. The Labute approximate surface area is 114 Å². The van der Waals surface area contributed by atoms with Gasteiger partial charge in [0.2, 0.25) is 10.0 Å². The van der Waals surface area contributed by atoms with Crippen molar-refractivity contribution in [2.24, 2.45) is 0 Å². The molecule has 0 aliphatic carbocycles. The Morgan fingerprint density at radius 2 is 2.00 bits per heavy atom. The Morgan fingerprint density at radius 3 is 2.53 bits per heavy atom. The third-order valence-corrected chi connectivity index (χ3v) is 4.83. The second-order valence-corrected chi connectivity index (χ2v) is 6.68. The molecule has 0 aliphatic heterocycles. The number of sulfonamides is 1. The molecule has 1 aromatic rings. The largest absolute Gasteiger partial charge is 0.389 e. The SMILES string of the molecule is COCC(O)CN(C)S(=O)(=O)c1ccc(C)cc1C. The van der Waals surface area contributed by atoms with E-state index in [0.717, 1.165) is 9.87 Å². The van der Waals surface area contributed by atoms with E-state index in [4.69, 9.17) is 4.74 Å². The normalized spacial score (nSPS) is 13.8. The third-order valence-electron chi connectivity index (χ3n) is 2.85. The standard InChI is InChI=1S/C13H21NO4S/c1-10-5-6-13(11(2)7-10)19(16,17)14(3)8-12(15)9-18-4/h5-7,12,15H,8-9H2,1-4H3. The zero-order valence-corrected chi connectivity index (χ0v) is 12.6. The van der Waals surface area contributed by atoms with Crippen LogP contribution >= 0.6 is 0 Å². The summed E-state index contributed by atoms with van der Waals surface area (Å²) >= 11 is 0. The number of aliphatic hydroxyl groups is 1. The second kappa shape index (κ2) is 6.47. The molecule has 1 rings (SSSR count). The zero-order chi connectivity index (χ0) is 14.6. The van der Waals surface area contributed by atoms with Gasteiger partial charge in [0.1, 0.15) is 0 Å². The monoisotopic (exact) mass is 287 g/mol. The lowest BCUT2D eigenvalue weighted by Gasteiger charge is -2.21. The van der Waals surface area contributed by atoms with Crippen LogP contribution in [0.4, 0.5) is 0 Å². The molecule has 0 amide bonds. The molecule has 0 aromatic heterocycles. The highest BCUT2D eigenvalue weighted by atomic mass is 32.2. The molecule has 1 N–H and O–H groups in total. The fraction of sp³-hybridized carbons (Fsp3) is 0.538. The molecule has 0 bridgehead atoms. The van der Waals surface area contributed by atoms with Crippen LogP contribution in [0.5, 0.6) is 0 Å². The first-order chi connectivity index (χ1) is 8.78. The molecule has 0 spiro atoms. The molecule has 19 heavy (non-hydrogen) atoms. The Bertz CT molecular complexity index is 527. The summed E-state index contributed by atoms with van der Waals surface area (Å²) < 4.78 is 30.7. The Kier molecular flexibility index (Phi) is 5.49. The van der Waals surface area contributed by atoms with E-state index in [1.54, 1.807) is 19.1 Å². The van der Waals surface area contributed by atoms with Crippen LogP contribution in [-0.4, -0.2) is 51.2 Å². The maximum atomic E-state index is 12.4. The van der Waals surface area contributed by atoms with E-state index >= 15 is 0 Å². The number of nitrogens with zero attached hydrogens (tertiary/aromatic N) is 1. The molecule has 0 aliphatic rings. The van der Waals surface area contributed by atoms with E-state index in [1.807, 2.05) is 13.0 Å². The van der Waals surface area contributed by atoms with Gasteiger partial charge in [-0.25, -0.2) is 8.42 Å². The van der Waals surface area contributed by atoms with E-state index < -0.39 is 16.1 Å². The minimum atomic E-state index is -3.58. The number of methoxy groups -OCH3 is 1. The van der Waals surface area contributed by atoms with Gasteiger partial charge in [-0.2, -0.15) is 4.31 Å². The Hall–Kier alpha value is -0.950. The summed E-state index contributed by atoms with van der Waals surface area (Å²) in [5.41, 5.74) is 1.71. The first-order valence-electron chi connectivity index (χ1n) is 5.99. The molecular formula is C13H21NO4S. The van der Waals surface area contributed by atoms with Gasteiger partial charge in [0, 0.05) is 20.7 Å². The highest BCUT2D eigenvalue weighted by molar-refractivity contribution is 7.89. The lowest BCUT2D eigenvalue weighted by Crippen LogP contribution is -2.36. The summed E-state index contributed by atoms with van der Waals surface area (Å²) in [5.74, 6) is 0. The van der Waals surface area contributed by atoms with Crippen LogP contribution in [0.2, 0.25) is 0 Å². The first kappa shape index (κ1) is 16.1. The van der Waals surface area contributed by atoms with Gasteiger partial charge in [-0.3, -0.25) is 0 Å². The molecule has 0 heterocycles. The van der Waals surface area contributed by atoms with Crippen molar-refractivity contribution in [1.29, 1.82) is 0 Å². The van der Waals surface area contributed by atoms with Crippen molar-refractivity contribution in [3.8, 4) is 0 Å². The van der Waals surface area contributed by atoms with Crippen molar-refractivity contribution in [2.45, 2.75) is 24.8 Å². The fourth-order valence-corrected chi connectivity index (χ4v) is 3.31. The highest BCUT2D eigenvalue weighted by Crippen LogP contribution is 2.20. The quantitative estimate of drug-likeness (QED) is 0.845. The maximum absolute atomic E-state index is 12.4. The molecule has 1 aromatic carbocycles. The minimum Gasteiger partial charge on any atom is -0.389 e. The summed E-state index contributed by atoms with van der Waals surface area (Å²) in [6.45, 7) is 3.78. The average Bonchev–Trinajstić information content (AvgIpc) is 2.28. The molecule has 5 nitrogen and oxygen atoms in total. The number of rotatable bonds is 6. The average molecular weight is 287 g/mol. The number of benzene rings is 1. The van der Waals surface area contributed by atoms with Crippen molar-refractivity contribution in [1.82, 2.24) is 4.31 Å². The van der Waals surface area contributed by atoms with Gasteiger partial charge in [0.25, 0.3) is 0 Å². The van der Waals surface area contributed by atoms with Crippen molar-refractivity contribution in [3.63, 3.8) is 0 Å². The topological polar surface area (TPSA) is 66.8 Å². The van der Waals surface area contributed by atoms with E-state index in [2.05, 4.69) is 0 Å². The van der Waals surface area contributed by atoms with Crippen LogP contribution in [0.1, 0.15) is 11.1 Å². The molecule has 0 radical (unpaired) electrons. The number of aliphatic hydroxyl groups excluding tert-OH is 1. The predicted octanol–water partition coefficient (Wildman–Crippen LogP) is 0.931. The van der Waals surface area contributed by atoms with Crippen LogP contribution < -0.4 is 0 Å². The van der Waals surface area contributed by atoms with E-state index in [0.29, 0.717) is 5.56 Å². The number of likely N-dealkylation sites (N-methyl/N-ethyl adjacent to an activating group) is 1. The van der Waals surface area contributed by atoms with E-state index in [-0.39, 0.29) is 18.0 Å². The highest BCUT2D eigenvalue weighted by Gasteiger charge is 2.24. The van der Waals surface area contributed by atoms with Crippen LogP contribution in [0, 0.1) is 13.8 Å². The van der Waals surface area contributed by atoms with Crippen LogP contribution in [0.25, 0.3) is 0 Å². The van der Waals surface area contributed by atoms with Gasteiger partial charge in [-0.15, -0.1) is 0 Å².